The number of benzene rings is 1. The highest BCUT2D eigenvalue weighted by atomic mass is 32.2. The molecule has 0 amide bonds. The van der Waals surface area contributed by atoms with Gasteiger partial charge in [-0.15, -0.1) is 0 Å². The first-order valence-corrected chi connectivity index (χ1v) is 4.76. The fraction of sp³-hybridized carbons (Fsp3) is 0.333. The average Bonchev–Trinajstić information content (AvgIpc) is 2.14. The Morgan fingerprint density at radius 2 is 2.00 bits per heavy atom. The van der Waals surface area contributed by atoms with Crippen molar-refractivity contribution >= 4 is 12.0 Å². The smallest absolute Gasteiger partial charge is 0.0717 e. The van der Waals surface area contributed by atoms with Crippen molar-refractivity contribution < 1.29 is 9.29 Å². The predicted octanol–water partition coefficient (Wildman–Crippen LogP) is 2.41. The Morgan fingerprint density at radius 3 is 2.67 bits per heavy atom. The van der Waals surface area contributed by atoms with Gasteiger partial charge in [0, 0.05) is 5.75 Å². The standard InChI is InChI=1S/C9H12O2S/c10-12-7-6-11-8-9-4-2-1-3-5-9/h1-5,10H,6-8H2. The molecule has 1 rings (SSSR count). The van der Waals surface area contributed by atoms with Crippen molar-refractivity contribution in [2.75, 3.05) is 12.4 Å². The molecular formula is C9H12O2S. The molecule has 0 spiro atoms. The third-order valence-electron chi connectivity index (χ3n) is 1.43. The first kappa shape index (κ1) is 9.58. The van der Waals surface area contributed by atoms with Crippen molar-refractivity contribution in [1.29, 1.82) is 0 Å². The van der Waals surface area contributed by atoms with Crippen LogP contribution in [0.1, 0.15) is 5.56 Å². The first-order chi connectivity index (χ1) is 5.93. The second kappa shape index (κ2) is 6.06. The normalized spacial score (nSPS) is 10.1. The van der Waals surface area contributed by atoms with Crippen LogP contribution < -0.4 is 0 Å². The molecule has 0 atom stereocenters. The average molecular weight is 184 g/mol. The molecule has 3 heteroatoms. The van der Waals surface area contributed by atoms with E-state index in [1.807, 2.05) is 30.3 Å². The molecule has 0 fully saturated rings. The third kappa shape index (κ3) is 3.76. The van der Waals surface area contributed by atoms with E-state index in [1.54, 1.807) is 0 Å². The molecule has 1 aromatic rings. The van der Waals surface area contributed by atoms with E-state index in [0.29, 0.717) is 19.0 Å². The highest BCUT2D eigenvalue weighted by molar-refractivity contribution is 7.93. The van der Waals surface area contributed by atoms with Gasteiger partial charge in [0.05, 0.1) is 13.2 Å². The summed E-state index contributed by atoms with van der Waals surface area (Å²) in [6, 6.07) is 9.99. The van der Waals surface area contributed by atoms with Gasteiger partial charge < -0.3 is 9.29 Å². The Kier molecular flexibility index (Phi) is 4.83. The van der Waals surface area contributed by atoms with Crippen LogP contribution in [0.15, 0.2) is 30.3 Å². The van der Waals surface area contributed by atoms with E-state index in [1.165, 1.54) is 5.56 Å². The van der Waals surface area contributed by atoms with Crippen LogP contribution in [0.5, 0.6) is 0 Å². The zero-order chi connectivity index (χ0) is 8.65. The molecule has 0 saturated carbocycles. The van der Waals surface area contributed by atoms with Crippen LogP contribution in [0.25, 0.3) is 0 Å². The first-order valence-electron chi connectivity index (χ1n) is 3.81. The Labute approximate surface area is 76.8 Å². The Balaban J connectivity index is 2.16. The van der Waals surface area contributed by atoms with Gasteiger partial charge in [-0.1, -0.05) is 30.3 Å². The van der Waals surface area contributed by atoms with Crippen molar-refractivity contribution in [3.8, 4) is 0 Å². The fourth-order valence-corrected chi connectivity index (χ4v) is 1.05. The van der Waals surface area contributed by atoms with E-state index in [9.17, 15) is 0 Å². The molecule has 0 heterocycles. The molecule has 0 aliphatic heterocycles. The van der Waals surface area contributed by atoms with E-state index in [4.69, 9.17) is 9.29 Å². The molecule has 0 bridgehead atoms. The van der Waals surface area contributed by atoms with Crippen LogP contribution in [0.2, 0.25) is 0 Å². The summed E-state index contributed by atoms with van der Waals surface area (Å²) in [6.07, 6.45) is 0. The molecule has 1 aromatic carbocycles. The van der Waals surface area contributed by atoms with Crippen LogP contribution in [0, 0.1) is 0 Å². The Hall–Kier alpha value is -0.510. The summed E-state index contributed by atoms with van der Waals surface area (Å²) in [5.74, 6) is 0.632. The van der Waals surface area contributed by atoms with Gasteiger partial charge in [-0.25, -0.2) is 0 Å². The summed E-state index contributed by atoms with van der Waals surface area (Å²) in [6.45, 7) is 1.22. The molecule has 66 valence electrons. The predicted molar refractivity (Wildman–Crippen MR) is 51.2 cm³/mol. The van der Waals surface area contributed by atoms with Crippen molar-refractivity contribution in [2.24, 2.45) is 0 Å². The zero-order valence-electron chi connectivity index (χ0n) is 6.77. The van der Waals surface area contributed by atoms with Crippen LogP contribution >= 0.6 is 12.0 Å². The molecule has 0 radical (unpaired) electrons. The van der Waals surface area contributed by atoms with E-state index in [2.05, 4.69) is 0 Å². The van der Waals surface area contributed by atoms with Gasteiger partial charge in [-0.2, -0.15) is 0 Å². The Bertz CT molecular complexity index is 201. The summed E-state index contributed by atoms with van der Waals surface area (Å²) in [5, 5.41) is 0. The van der Waals surface area contributed by atoms with Gasteiger partial charge in [-0.3, -0.25) is 0 Å². The molecule has 2 nitrogen and oxygen atoms in total. The van der Waals surface area contributed by atoms with Gasteiger partial charge >= 0.3 is 0 Å². The highest BCUT2D eigenvalue weighted by Gasteiger charge is 1.90. The lowest BCUT2D eigenvalue weighted by atomic mass is 10.2. The van der Waals surface area contributed by atoms with Gasteiger partial charge in [0.25, 0.3) is 0 Å². The Morgan fingerprint density at radius 1 is 1.25 bits per heavy atom. The molecule has 0 saturated heterocycles. The van der Waals surface area contributed by atoms with Crippen LogP contribution in [-0.2, 0) is 11.3 Å². The van der Waals surface area contributed by atoms with Gasteiger partial charge in [0.1, 0.15) is 0 Å². The lowest BCUT2D eigenvalue weighted by Crippen LogP contribution is -1.96. The number of hydrogen-bond donors (Lipinski definition) is 1. The van der Waals surface area contributed by atoms with Crippen molar-refractivity contribution in [3.05, 3.63) is 35.9 Å². The molecule has 0 aliphatic carbocycles. The maximum absolute atomic E-state index is 8.40. The van der Waals surface area contributed by atoms with Crippen LogP contribution in [0.3, 0.4) is 0 Å². The lowest BCUT2D eigenvalue weighted by Gasteiger charge is -2.01. The molecule has 12 heavy (non-hydrogen) atoms. The van der Waals surface area contributed by atoms with E-state index in [-0.39, 0.29) is 0 Å². The minimum atomic E-state index is 0.593. The summed E-state index contributed by atoms with van der Waals surface area (Å²) >= 11 is 0.812. The molecule has 1 N–H and O–H groups in total. The van der Waals surface area contributed by atoms with Crippen molar-refractivity contribution in [1.82, 2.24) is 0 Å². The summed E-state index contributed by atoms with van der Waals surface area (Å²) in [5.41, 5.74) is 1.17. The molecule has 0 aliphatic rings. The third-order valence-corrected chi connectivity index (χ3v) is 1.78. The van der Waals surface area contributed by atoms with Crippen LogP contribution in [-0.4, -0.2) is 16.9 Å². The quantitative estimate of drug-likeness (QED) is 0.563. The van der Waals surface area contributed by atoms with Gasteiger partial charge in [0.2, 0.25) is 0 Å². The minimum absolute atomic E-state index is 0.593. The highest BCUT2D eigenvalue weighted by Crippen LogP contribution is 2.00. The fourth-order valence-electron chi connectivity index (χ4n) is 0.860. The van der Waals surface area contributed by atoms with Gasteiger partial charge in [-0.05, 0) is 17.6 Å². The van der Waals surface area contributed by atoms with E-state index >= 15 is 0 Å². The van der Waals surface area contributed by atoms with E-state index in [0.717, 1.165) is 12.0 Å². The number of hydrogen-bond acceptors (Lipinski definition) is 3. The number of rotatable bonds is 5. The second-order valence-electron chi connectivity index (χ2n) is 2.37. The summed E-state index contributed by atoms with van der Waals surface area (Å²) in [7, 11) is 0. The van der Waals surface area contributed by atoms with Crippen molar-refractivity contribution in [2.45, 2.75) is 6.61 Å². The molecule has 0 unspecified atom stereocenters. The second-order valence-corrected chi connectivity index (χ2v) is 3.04. The lowest BCUT2D eigenvalue weighted by molar-refractivity contribution is 0.136. The van der Waals surface area contributed by atoms with Crippen LogP contribution in [0.4, 0.5) is 0 Å². The zero-order valence-corrected chi connectivity index (χ0v) is 7.59. The maximum Gasteiger partial charge on any atom is 0.0717 e. The van der Waals surface area contributed by atoms with Gasteiger partial charge in [0.15, 0.2) is 0 Å². The molecule has 0 aromatic heterocycles. The largest absolute Gasteiger partial charge is 0.376 e. The molecular weight excluding hydrogens is 172 g/mol. The summed E-state index contributed by atoms with van der Waals surface area (Å²) in [4.78, 5) is 0. The number of ether oxygens (including phenoxy) is 1. The maximum atomic E-state index is 8.40. The SMILES string of the molecule is OSCCOCc1ccccc1. The van der Waals surface area contributed by atoms with E-state index < -0.39 is 0 Å². The van der Waals surface area contributed by atoms with Crippen molar-refractivity contribution in [3.63, 3.8) is 0 Å². The summed E-state index contributed by atoms with van der Waals surface area (Å²) < 4.78 is 13.7. The monoisotopic (exact) mass is 184 g/mol. The topological polar surface area (TPSA) is 29.5 Å². The minimum Gasteiger partial charge on any atom is -0.376 e.